The Balaban J connectivity index is 2.17. The van der Waals surface area contributed by atoms with Gasteiger partial charge in [-0.2, -0.15) is 0 Å². The molecule has 0 aromatic heterocycles. The first-order valence-corrected chi connectivity index (χ1v) is 7.32. The largest absolute Gasteiger partial charge is 0.488 e. The summed E-state index contributed by atoms with van der Waals surface area (Å²) in [6.07, 6.45) is 0.825. The van der Waals surface area contributed by atoms with Gasteiger partial charge in [0, 0.05) is 21.6 Å². The average molecular weight is 338 g/mol. The Bertz CT molecular complexity index is 588. The van der Waals surface area contributed by atoms with Gasteiger partial charge in [0.2, 0.25) is 0 Å². The molecule has 0 heterocycles. The Morgan fingerprint density at radius 1 is 1.25 bits per heavy atom. The highest BCUT2D eigenvalue weighted by atomic mass is 79.9. The van der Waals surface area contributed by atoms with E-state index in [-0.39, 0.29) is 18.5 Å². The van der Waals surface area contributed by atoms with Crippen LogP contribution in [0.25, 0.3) is 0 Å². The van der Waals surface area contributed by atoms with E-state index in [2.05, 4.69) is 15.9 Å². The molecule has 0 bridgehead atoms. The van der Waals surface area contributed by atoms with E-state index < -0.39 is 0 Å². The van der Waals surface area contributed by atoms with Crippen LogP contribution in [0.5, 0.6) is 5.75 Å². The first kappa shape index (κ1) is 15.0. The van der Waals surface area contributed by atoms with Crippen molar-refractivity contribution >= 4 is 15.9 Å². The molecule has 2 aromatic rings. The van der Waals surface area contributed by atoms with Crippen LogP contribution in [0, 0.1) is 5.82 Å². The number of halogens is 2. The molecule has 0 aliphatic carbocycles. The van der Waals surface area contributed by atoms with Gasteiger partial charge in [0.05, 0.1) is 0 Å². The summed E-state index contributed by atoms with van der Waals surface area (Å²) in [7, 11) is 0. The summed E-state index contributed by atoms with van der Waals surface area (Å²) in [4.78, 5) is 0. The van der Waals surface area contributed by atoms with Gasteiger partial charge in [-0.15, -0.1) is 0 Å². The van der Waals surface area contributed by atoms with E-state index in [1.165, 1.54) is 6.07 Å². The number of hydrogen-bond acceptors (Lipinski definition) is 2. The zero-order valence-electron chi connectivity index (χ0n) is 11.3. The van der Waals surface area contributed by atoms with Gasteiger partial charge in [-0.25, -0.2) is 4.39 Å². The fraction of sp³-hybridized carbons (Fsp3) is 0.250. The van der Waals surface area contributed by atoms with E-state index in [1.54, 1.807) is 12.1 Å². The maximum atomic E-state index is 13.7. The Morgan fingerprint density at radius 3 is 2.75 bits per heavy atom. The predicted molar refractivity (Wildman–Crippen MR) is 82.1 cm³/mol. The van der Waals surface area contributed by atoms with Gasteiger partial charge in [-0.05, 0) is 30.7 Å². The summed E-state index contributed by atoms with van der Waals surface area (Å²) < 4.78 is 20.2. The molecular formula is C16H17BrFNO. The number of hydrogen-bond donors (Lipinski definition) is 1. The summed E-state index contributed by atoms with van der Waals surface area (Å²) in [6, 6.07) is 12.4. The van der Waals surface area contributed by atoms with Gasteiger partial charge >= 0.3 is 0 Å². The highest BCUT2D eigenvalue weighted by Gasteiger charge is 2.11. The van der Waals surface area contributed by atoms with Crippen molar-refractivity contribution in [3.63, 3.8) is 0 Å². The number of nitrogens with two attached hydrogens (primary N) is 1. The van der Waals surface area contributed by atoms with Gasteiger partial charge < -0.3 is 10.5 Å². The van der Waals surface area contributed by atoms with Crippen LogP contribution in [0.4, 0.5) is 4.39 Å². The van der Waals surface area contributed by atoms with Gasteiger partial charge in [-0.3, -0.25) is 0 Å². The second kappa shape index (κ2) is 6.86. The molecule has 4 heteroatoms. The molecule has 20 heavy (non-hydrogen) atoms. The third-order valence-corrected chi connectivity index (χ3v) is 3.64. The van der Waals surface area contributed by atoms with Crippen LogP contribution in [0.15, 0.2) is 46.9 Å². The van der Waals surface area contributed by atoms with Crippen molar-refractivity contribution in [2.75, 3.05) is 0 Å². The number of para-hydroxylation sites is 1. The van der Waals surface area contributed by atoms with Crippen molar-refractivity contribution in [2.24, 2.45) is 5.73 Å². The minimum atomic E-state index is -0.273. The van der Waals surface area contributed by atoms with Crippen molar-refractivity contribution in [1.29, 1.82) is 0 Å². The molecule has 2 rings (SSSR count). The Kier molecular flexibility index (Phi) is 5.15. The highest BCUT2D eigenvalue weighted by Crippen LogP contribution is 2.26. The Labute approximate surface area is 126 Å². The molecule has 2 N–H and O–H groups in total. The summed E-state index contributed by atoms with van der Waals surface area (Å²) >= 11 is 3.33. The van der Waals surface area contributed by atoms with Crippen LogP contribution < -0.4 is 10.5 Å². The molecule has 0 unspecified atom stereocenters. The zero-order chi connectivity index (χ0) is 14.5. The normalized spacial score (nSPS) is 12.2. The second-order valence-electron chi connectivity index (χ2n) is 4.58. The maximum absolute atomic E-state index is 13.7. The van der Waals surface area contributed by atoms with E-state index >= 15 is 0 Å². The smallest absolute Gasteiger partial charge is 0.129 e. The third-order valence-electron chi connectivity index (χ3n) is 3.15. The molecule has 2 aromatic carbocycles. The average Bonchev–Trinajstić information content (AvgIpc) is 2.47. The van der Waals surface area contributed by atoms with E-state index in [0.717, 1.165) is 16.5 Å². The molecule has 0 spiro atoms. The van der Waals surface area contributed by atoms with Crippen LogP contribution in [-0.2, 0) is 6.61 Å². The van der Waals surface area contributed by atoms with Crippen LogP contribution in [-0.4, -0.2) is 0 Å². The number of rotatable bonds is 5. The zero-order valence-corrected chi connectivity index (χ0v) is 12.9. The molecule has 0 amide bonds. The fourth-order valence-electron chi connectivity index (χ4n) is 1.95. The van der Waals surface area contributed by atoms with Crippen LogP contribution in [0.3, 0.4) is 0 Å². The van der Waals surface area contributed by atoms with E-state index in [0.29, 0.717) is 11.3 Å². The van der Waals surface area contributed by atoms with E-state index in [4.69, 9.17) is 10.5 Å². The summed E-state index contributed by atoms with van der Waals surface area (Å²) in [6.45, 7) is 2.20. The number of ether oxygens (including phenoxy) is 1. The third kappa shape index (κ3) is 3.58. The molecule has 0 aliphatic heterocycles. The fourth-order valence-corrected chi connectivity index (χ4v) is 2.36. The molecule has 1 atom stereocenters. The molecule has 0 saturated heterocycles. The minimum Gasteiger partial charge on any atom is -0.488 e. The van der Waals surface area contributed by atoms with Gasteiger partial charge in [0.15, 0.2) is 0 Å². The SMILES string of the molecule is CC[C@@H](N)c1ccccc1OCc1cc(Br)ccc1F. The van der Waals surface area contributed by atoms with Gasteiger partial charge in [0.1, 0.15) is 18.2 Å². The van der Waals surface area contributed by atoms with Gasteiger partial charge in [-0.1, -0.05) is 41.1 Å². The van der Waals surface area contributed by atoms with Crippen molar-refractivity contribution in [1.82, 2.24) is 0 Å². The molecular weight excluding hydrogens is 321 g/mol. The van der Waals surface area contributed by atoms with E-state index in [9.17, 15) is 4.39 Å². The molecule has 0 radical (unpaired) electrons. The second-order valence-corrected chi connectivity index (χ2v) is 5.49. The molecule has 2 nitrogen and oxygen atoms in total. The molecule has 106 valence electrons. The first-order valence-electron chi connectivity index (χ1n) is 6.53. The molecule has 0 aliphatic rings. The van der Waals surface area contributed by atoms with Crippen LogP contribution in [0.1, 0.15) is 30.5 Å². The predicted octanol–water partition coefficient (Wildman–Crippen LogP) is 4.58. The lowest BCUT2D eigenvalue weighted by Gasteiger charge is -2.16. The first-order chi connectivity index (χ1) is 9.61. The minimum absolute atomic E-state index is 0.0708. The Hall–Kier alpha value is -1.39. The number of benzene rings is 2. The molecule has 0 fully saturated rings. The maximum Gasteiger partial charge on any atom is 0.129 e. The lowest BCUT2D eigenvalue weighted by atomic mass is 10.0. The van der Waals surface area contributed by atoms with Crippen molar-refractivity contribution in [3.05, 3.63) is 63.9 Å². The standard InChI is InChI=1S/C16H17BrFNO/c1-2-15(19)13-5-3-4-6-16(13)20-10-11-9-12(17)7-8-14(11)18/h3-9,15H,2,10,19H2,1H3/t15-/m1/s1. The monoisotopic (exact) mass is 337 g/mol. The van der Waals surface area contributed by atoms with Gasteiger partial charge in [0.25, 0.3) is 0 Å². The molecule has 0 saturated carbocycles. The van der Waals surface area contributed by atoms with Crippen LogP contribution >= 0.6 is 15.9 Å². The van der Waals surface area contributed by atoms with Crippen molar-refractivity contribution < 1.29 is 9.13 Å². The lowest BCUT2D eigenvalue weighted by molar-refractivity contribution is 0.294. The summed E-state index contributed by atoms with van der Waals surface area (Å²) in [5, 5.41) is 0. The summed E-state index contributed by atoms with van der Waals surface area (Å²) in [5.41, 5.74) is 7.52. The summed E-state index contributed by atoms with van der Waals surface area (Å²) in [5.74, 6) is 0.437. The topological polar surface area (TPSA) is 35.2 Å². The van der Waals surface area contributed by atoms with E-state index in [1.807, 2.05) is 31.2 Å². The van der Waals surface area contributed by atoms with Crippen molar-refractivity contribution in [2.45, 2.75) is 26.0 Å². The quantitative estimate of drug-likeness (QED) is 0.866. The van der Waals surface area contributed by atoms with Crippen LogP contribution in [0.2, 0.25) is 0 Å². The van der Waals surface area contributed by atoms with Crippen molar-refractivity contribution in [3.8, 4) is 5.75 Å². The lowest BCUT2D eigenvalue weighted by Crippen LogP contribution is -2.11. The Morgan fingerprint density at radius 2 is 2.00 bits per heavy atom. The highest BCUT2D eigenvalue weighted by molar-refractivity contribution is 9.10.